The van der Waals surface area contributed by atoms with Crippen molar-refractivity contribution < 1.29 is 0 Å². The molecule has 2 aromatic rings. The summed E-state index contributed by atoms with van der Waals surface area (Å²) in [5, 5.41) is 5.21. The molecular formula is C14H20ClN5. The van der Waals surface area contributed by atoms with Crippen LogP contribution < -0.4 is 11.3 Å². The smallest absolute Gasteiger partial charge is 0.0669 e. The fourth-order valence-corrected chi connectivity index (χ4v) is 2.43. The SMILES string of the molecule is CCc1cc(C(Cc2ccncc2Cl)NN)n(CC)n1. The van der Waals surface area contributed by atoms with Gasteiger partial charge in [-0.1, -0.05) is 18.5 Å². The maximum Gasteiger partial charge on any atom is 0.0669 e. The van der Waals surface area contributed by atoms with E-state index in [0.717, 1.165) is 29.9 Å². The molecule has 20 heavy (non-hydrogen) atoms. The van der Waals surface area contributed by atoms with Crippen molar-refractivity contribution in [1.29, 1.82) is 0 Å². The summed E-state index contributed by atoms with van der Waals surface area (Å²) in [6, 6.07) is 3.99. The Hall–Kier alpha value is -1.43. The predicted molar refractivity (Wildman–Crippen MR) is 80.3 cm³/mol. The number of hydrogen-bond acceptors (Lipinski definition) is 4. The molecule has 1 unspecified atom stereocenters. The molecule has 0 aliphatic carbocycles. The third-order valence-corrected chi connectivity index (χ3v) is 3.70. The van der Waals surface area contributed by atoms with Crippen molar-refractivity contribution >= 4 is 11.6 Å². The molecule has 6 heteroatoms. The van der Waals surface area contributed by atoms with E-state index in [1.807, 2.05) is 10.7 Å². The zero-order chi connectivity index (χ0) is 14.5. The third-order valence-electron chi connectivity index (χ3n) is 3.36. The van der Waals surface area contributed by atoms with Gasteiger partial charge in [0.15, 0.2) is 0 Å². The number of halogens is 1. The van der Waals surface area contributed by atoms with Gasteiger partial charge in [0.25, 0.3) is 0 Å². The van der Waals surface area contributed by atoms with Crippen LogP contribution in [0.5, 0.6) is 0 Å². The van der Waals surface area contributed by atoms with Gasteiger partial charge in [0, 0.05) is 18.9 Å². The Kier molecular flexibility index (Phi) is 5.11. The molecule has 0 fully saturated rings. The highest BCUT2D eigenvalue weighted by Gasteiger charge is 2.18. The van der Waals surface area contributed by atoms with Gasteiger partial charge in [0.05, 0.1) is 22.5 Å². The summed E-state index contributed by atoms with van der Waals surface area (Å²) in [7, 11) is 0. The van der Waals surface area contributed by atoms with Gasteiger partial charge in [0.1, 0.15) is 0 Å². The molecule has 0 amide bonds. The van der Waals surface area contributed by atoms with Crippen molar-refractivity contribution in [2.24, 2.45) is 5.84 Å². The Morgan fingerprint density at radius 1 is 1.45 bits per heavy atom. The summed E-state index contributed by atoms with van der Waals surface area (Å²) < 4.78 is 1.98. The minimum atomic E-state index is -0.0253. The fourth-order valence-electron chi connectivity index (χ4n) is 2.23. The molecule has 1 atom stereocenters. The normalized spacial score (nSPS) is 12.6. The van der Waals surface area contributed by atoms with Crippen molar-refractivity contribution in [2.45, 2.75) is 39.3 Å². The quantitative estimate of drug-likeness (QED) is 0.633. The van der Waals surface area contributed by atoms with Crippen LogP contribution in [0.4, 0.5) is 0 Å². The van der Waals surface area contributed by atoms with E-state index in [1.54, 1.807) is 12.4 Å². The van der Waals surface area contributed by atoms with E-state index in [-0.39, 0.29) is 6.04 Å². The lowest BCUT2D eigenvalue weighted by molar-refractivity contribution is 0.489. The van der Waals surface area contributed by atoms with Crippen LogP contribution >= 0.6 is 11.6 Å². The molecule has 3 N–H and O–H groups in total. The summed E-state index contributed by atoms with van der Waals surface area (Å²) in [6.07, 6.45) is 5.00. The van der Waals surface area contributed by atoms with E-state index in [1.165, 1.54) is 0 Å². The monoisotopic (exact) mass is 293 g/mol. The number of rotatable bonds is 6. The number of hydrazine groups is 1. The van der Waals surface area contributed by atoms with Crippen LogP contribution in [-0.4, -0.2) is 14.8 Å². The van der Waals surface area contributed by atoms with Gasteiger partial charge >= 0.3 is 0 Å². The van der Waals surface area contributed by atoms with Crippen LogP contribution in [0.1, 0.15) is 36.8 Å². The first-order chi connectivity index (χ1) is 9.69. The Bertz CT molecular complexity index is 566. The van der Waals surface area contributed by atoms with Gasteiger partial charge in [-0.25, -0.2) is 0 Å². The summed E-state index contributed by atoms with van der Waals surface area (Å²) in [4.78, 5) is 4.00. The fraction of sp³-hybridized carbons (Fsp3) is 0.429. The Balaban J connectivity index is 2.28. The maximum atomic E-state index is 6.17. The van der Waals surface area contributed by atoms with E-state index in [9.17, 15) is 0 Å². The zero-order valence-electron chi connectivity index (χ0n) is 11.8. The van der Waals surface area contributed by atoms with Crippen LogP contribution in [-0.2, 0) is 19.4 Å². The first-order valence-electron chi connectivity index (χ1n) is 6.80. The van der Waals surface area contributed by atoms with E-state index < -0.39 is 0 Å². The molecule has 108 valence electrons. The van der Waals surface area contributed by atoms with Gasteiger partial charge in [-0.15, -0.1) is 0 Å². The molecule has 2 rings (SSSR count). The molecule has 5 nitrogen and oxygen atoms in total. The molecule has 0 bridgehead atoms. The summed E-state index contributed by atoms with van der Waals surface area (Å²) >= 11 is 6.17. The maximum absolute atomic E-state index is 6.17. The van der Waals surface area contributed by atoms with E-state index in [4.69, 9.17) is 17.4 Å². The molecule has 0 radical (unpaired) electrons. The number of aryl methyl sites for hydroxylation is 2. The molecule has 0 aromatic carbocycles. The first-order valence-corrected chi connectivity index (χ1v) is 7.18. The average molecular weight is 294 g/mol. The van der Waals surface area contributed by atoms with E-state index in [2.05, 4.69) is 35.4 Å². The van der Waals surface area contributed by atoms with Crippen molar-refractivity contribution in [2.75, 3.05) is 0 Å². The largest absolute Gasteiger partial charge is 0.271 e. The summed E-state index contributed by atoms with van der Waals surface area (Å²) in [5.74, 6) is 5.73. The highest BCUT2D eigenvalue weighted by atomic mass is 35.5. The third kappa shape index (κ3) is 3.17. The predicted octanol–water partition coefficient (Wildman–Crippen LogP) is 2.26. The van der Waals surface area contributed by atoms with Crippen molar-refractivity contribution in [3.8, 4) is 0 Å². The topological polar surface area (TPSA) is 68.8 Å². The second kappa shape index (κ2) is 6.83. The molecule has 0 saturated carbocycles. The lowest BCUT2D eigenvalue weighted by Crippen LogP contribution is -2.31. The molecule has 2 aromatic heterocycles. The van der Waals surface area contributed by atoms with E-state index in [0.29, 0.717) is 11.4 Å². The number of hydrogen-bond donors (Lipinski definition) is 2. The number of aromatic nitrogens is 3. The van der Waals surface area contributed by atoms with Crippen molar-refractivity contribution in [3.05, 3.63) is 46.5 Å². The highest BCUT2D eigenvalue weighted by Crippen LogP contribution is 2.23. The van der Waals surface area contributed by atoms with Gasteiger partial charge < -0.3 is 0 Å². The Labute approximate surface area is 124 Å². The minimum Gasteiger partial charge on any atom is -0.271 e. The van der Waals surface area contributed by atoms with Crippen LogP contribution in [0, 0.1) is 0 Å². The second-order valence-electron chi connectivity index (χ2n) is 4.62. The van der Waals surface area contributed by atoms with Crippen LogP contribution in [0.25, 0.3) is 0 Å². The first kappa shape index (κ1) is 15.0. The molecule has 0 aliphatic rings. The molecule has 0 aliphatic heterocycles. The zero-order valence-corrected chi connectivity index (χ0v) is 12.6. The number of nitrogens with one attached hydrogen (secondary N) is 1. The van der Waals surface area contributed by atoms with Gasteiger partial charge in [-0.2, -0.15) is 5.10 Å². The van der Waals surface area contributed by atoms with Gasteiger partial charge in [0.2, 0.25) is 0 Å². The van der Waals surface area contributed by atoms with Crippen molar-refractivity contribution in [1.82, 2.24) is 20.2 Å². The second-order valence-corrected chi connectivity index (χ2v) is 5.03. The molecular weight excluding hydrogens is 274 g/mol. The van der Waals surface area contributed by atoms with Gasteiger partial charge in [-0.05, 0) is 37.5 Å². The van der Waals surface area contributed by atoms with E-state index >= 15 is 0 Å². The van der Waals surface area contributed by atoms with Crippen LogP contribution in [0.2, 0.25) is 5.02 Å². The van der Waals surface area contributed by atoms with Crippen molar-refractivity contribution in [3.63, 3.8) is 0 Å². The lowest BCUT2D eigenvalue weighted by atomic mass is 10.0. The lowest BCUT2D eigenvalue weighted by Gasteiger charge is -2.17. The van der Waals surface area contributed by atoms with Gasteiger partial charge in [-0.3, -0.25) is 20.9 Å². The Morgan fingerprint density at radius 2 is 2.25 bits per heavy atom. The number of nitrogens with two attached hydrogens (primary N) is 1. The van der Waals surface area contributed by atoms with Crippen LogP contribution in [0.3, 0.4) is 0 Å². The number of nitrogens with zero attached hydrogens (tertiary/aromatic N) is 3. The number of pyridine rings is 1. The standard InChI is InChI=1S/C14H20ClN5/c1-3-11-8-14(20(4-2)19-11)13(18-16)7-10-5-6-17-9-12(10)15/h5-6,8-9,13,18H,3-4,7,16H2,1-2H3. The summed E-state index contributed by atoms with van der Waals surface area (Å²) in [6.45, 7) is 4.98. The Morgan fingerprint density at radius 3 is 2.85 bits per heavy atom. The molecule has 0 spiro atoms. The highest BCUT2D eigenvalue weighted by molar-refractivity contribution is 6.31. The van der Waals surface area contributed by atoms with Crippen LogP contribution in [0.15, 0.2) is 24.5 Å². The molecule has 2 heterocycles. The summed E-state index contributed by atoms with van der Waals surface area (Å²) in [5.41, 5.74) is 6.04. The minimum absolute atomic E-state index is 0.0253. The average Bonchev–Trinajstić information content (AvgIpc) is 2.89. The molecule has 0 saturated heterocycles.